The number of amides is 3. The molecule has 1 atom stereocenters. The first-order valence-electron chi connectivity index (χ1n) is 9.02. The van der Waals surface area contributed by atoms with Crippen LogP contribution >= 0.6 is 0 Å². The molecule has 1 heterocycles. The van der Waals surface area contributed by atoms with Gasteiger partial charge in [0.05, 0.1) is 0 Å². The smallest absolute Gasteiger partial charge is 0.319 e. The summed E-state index contributed by atoms with van der Waals surface area (Å²) in [4.78, 5) is 25.7. The zero-order valence-corrected chi connectivity index (χ0v) is 14.8. The number of benzene rings is 1. The minimum absolute atomic E-state index is 0.168. The first-order valence-corrected chi connectivity index (χ1v) is 9.02. The van der Waals surface area contributed by atoms with Crippen LogP contribution < -0.4 is 10.6 Å². The Bertz CT molecular complexity index is 559. The number of carbonyl (C=O) groups excluding carboxylic acids is 2. The summed E-state index contributed by atoms with van der Waals surface area (Å²) in [5.74, 6) is 0.215. The Morgan fingerprint density at radius 2 is 2.17 bits per heavy atom. The van der Waals surface area contributed by atoms with Crippen molar-refractivity contribution in [2.24, 2.45) is 0 Å². The highest BCUT2D eigenvalue weighted by Crippen LogP contribution is 2.17. The van der Waals surface area contributed by atoms with Crippen LogP contribution in [0.3, 0.4) is 0 Å². The SMILES string of the molecule is CCCCCC(C)NC(=O)Nc1cccc(CN2CCCC2=O)c1. The Morgan fingerprint density at radius 3 is 2.88 bits per heavy atom. The number of likely N-dealkylation sites (tertiary alicyclic amines) is 1. The fourth-order valence-electron chi connectivity index (χ4n) is 3.00. The third kappa shape index (κ3) is 5.87. The molecule has 0 aliphatic carbocycles. The van der Waals surface area contributed by atoms with Crippen molar-refractivity contribution in [3.05, 3.63) is 29.8 Å². The molecule has 5 nitrogen and oxygen atoms in total. The fraction of sp³-hybridized carbons (Fsp3) is 0.579. The molecule has 1 fully saturated rings. The predicted octanol–water partition coefficient (Wildman–Crippen LogP) is 3.90. The number of nitrogens with zero attached hydrogens (tertiary/aromatic N) is 1. The molecule has 0 bridgehead atoms. The molecule has 2 N–H and O–H groups in total. The molecule has 1 saturated heterocycles. The zero-order chi connectivity index (χ0) is 17.4. The third-order valence-electron chi connectivity index (χ3n) is 4.35. The van der Waals surface area contributed by atoms with Crippen molar-refractivity contribution in [3.8, 4) is 0 Å². The van der Waals surface area contributed by atoms with Gasteiger partial charge in [-0.1, -0.05) is 38.3 Å². The number of hydrogen-bond acceptors (Lipinski definition) is 2. The standard InChI is InChI=1S/C19H29N3O2/c1-3-4-5-8-15(2)20-19(24)21-17-10-6-9-16(13-17)14-22-12-7-11-18(22)23/h6,9-10,13,15H,3-5,7-8,11-12,14H2,1-2H3,(H2,20,21,24). The van der Waals surface area contributed by atoms with Gasteiger partial charge in [-0.15, -0.1) is 0 Å². The third-order valence-corrected chi connectivity index (χ3v) is 4.35. The summed E-state index contributed by atoms with van der Waals surface area (Å²) in [5, 5.41) is 5.86. The highest BCUT2D eigenvalue weighted by Gasteiger charge is 2.20. The van der Waals surface area contributed by atoms with E-state index in [9.17, 15) is 9.59 Å². The van der Waals surface area contributed by atoms with Crippen LogP contribution in [0.4, 0.5) is 10.5 Å². The number of urea groups is 1. The molecular weight excluding hydrogens is 302 g/mol. The molecule has 1 unspecified atom stereocenters. The minimum Gasteiger partial charge on any atom is -0.338 e. The Kier molecular flexibility index (Phi) is 7.09. The Morgan fingerprint density at radius 1 is 1.33 bits per heavy atom. The van der Waals surface area contributed by atoms with Gasteiger partial charge in [-0.25, -0.2) is 4.79 Å². The molecule has 3 amide bonds. The quantitative estimate of drug-likeness (QED) is 0.710. The summed E-state index contributed by atoms with van der Waals surface area (Å²) < 4.78 is 0. The maximum absolute atomic E-state index is 12.1. The average Bonchev–Trinajstić information content (AvgIpc) is 2.93. The normalized spacial score (nSPS) is 15.4. The van der Waals surface area contributed by atoms with Gasteiger partial charge in [-0.05, 0) is 37.5 Å². The highest BCUT2D eigenvalue weighted by atomic mass is 16.2. The lowest BCUT2D eigenvalue weighted by atomic mass is 10.1. The van der Waals surface area contributed by atoms with Gasteiger partial charge in [-0.2, -0.15) is 0 Å². The topological polar surface area (TPSA) is 61.4 Å². The first kappa shape index (κ1) is 18.3. The molecule has 1 aromatic rings. The summed E-state index contributed by atoms with van der Waals surface area (Å²) in [6.45, 7) is 5.65. The molecule has 0 aromatic heterocycles. The van der Waals surface area contributed by atoms with Gasteiger partial charge in [-0.3, -0.25) is 4.79 Å². The van der Waals surface area contributed by atoms with Crippen molar-refractivity contribution in [2.75, 3.05) is 11.9 Å². The van der Waals surface area contributed by atoms with E-state index in [2.05, 4.69) is 17.6 Å². The van der Waals surface area contributed by atoms with Crippen LogP contribution in [-0.2, 0) is 11.3 Å². The molecule has 5 heteroatoms. The Labute approximate surface area is 144 Å². The Hall–Kier alpha value is -2.04. The molecule has 1 aliphatic heterocycles. The van der Waals surface area contributed by atoms with Gasteiger partial charge < -0.3 is 15.5 Å². The predicted molar refractivity (Wildman–Crippen MR) is 96.9 cm³/mol. The average molecular weight is 331 g/mol. The van der Waals surface area contributed by atoms with Crippen molar-refractivity contribution in [3.63, 3.8) is 0 Å². The van der Waals surface area contributed by atoms with Gasteiger partial charge in [0.15, 0.2) is 0 Å². The number of unbranched alkanes of at least 4 members (excludes halogenated alkanes) is 2. The fourth-order valence-corrected chi connectivity index (χ4v) is 3.00. The van der Waals surface area contributed by atoms with E-state index in [1.54, 1.807) is 0 Å². The van der Waals surface area contributed by atoms with E-state index in [0.29, 0.717) is 13.0 Å². The van der Waals surface area contributed by atoms with E-state index in [0.717, 1.165) is 37.1 Å². The molecule has 0 saturated carbocycles. The van der Waals surface area contributed by atoms with E-state index in [1.165, 1.54) is 12.8 Å². The summed E-state index contributed by atoms with van der Waals surface area (Å²) in [6.07, 6.45) is 6.11. The number of carbonyl (C=O) groups is 2. The molecule has 132 valence electrons. The monoisotopic (exact) mass is 331 g/mol. The molecule has 0 radical (unpaired) electrons. The van der Waals surface area contributed by atoms with Gasteiger partial charge in [0.25, 0.3) is 0 Å². The van der Waals surface area contributed by atoms with Crippen molar-refractivity contribution in [1.29, 1.82) is 0 Å². The van der Waals surface area contributed by atoms with Crippen molar-refractivity contribution >= 4 is 17.6 Å². The molecule has 1 aromatic carbocycles. The summed E-state index contributed by atoms with van der Waals surface area (Å²) in [5.41, 5.74) is 1.80. The molecule has 24 heavy (non-hydrogen) atoms. The van der Waals surface area contributed by atoms with Crippen molar-refractivity contribution in [1.82, 2.24) is 10.2 Å². The van der Waals surface area contributed by atoms with Crippen LogP contribution in [0.15, 0.2) is 24.3 Å². The maximum atomic E-state index is 12.1. The van der Waals surface area contributed by atoms with Crippen molar-refractivity contribution < 1.29 is 9.59 Å². The largest absolute Gasteiger partial charge is 0.338 e. The molecular formula is C19H29N3O2. The minimum atomic E-state index is -0.173. The van der Waals surface area contributed by atoms with Crippen LogP contribution in [0.5, 0.6) is 0 Å². The summed E-state index contributed by atoms with van der Waals surface area (Å²) >= 11 is 0. The molecule has 1 aliphatic rings. The maximum Gasteiger partial charge on any atom is 0.319 e. The van der Waals surface area contributed by atoms with E-state index >= 15 is 0 Å². The van der Waals surface area contributed by atoms with E-state index in [1.807, 2.05) is 36.1 Å². The van der Waals surface area contributed by atoms with Gasteiger partial charge in [0.1, 0.15) is 0 Å². The lowest BCUT2D eigenvalue weighted by molar-refractivity contribution is -0.128. The van der Waals surface area contributed by atoms with Gasteiger partial charge in [0.2, 0.25) is 5.91 Å². The zero-order valence-electron chi connectivity index (χ0n) is 14.8. The van der Waals surface area contributed by atoms with Crippen LogP contribution in [0.1, 0.15) is 57.9 Å². The number of nitrogens with one attached hydrogen (secondary N) is 2. The van der Waals surface area contributed by atoms with Crippen LogP contribution in [0.2, 0.25) is 0 Å². The lowest BCUT2D eigenvalue weighted by Gasteiger charge is -2.17. The lowest BCUT2D eigenvalue weighted by Crippen LogP contribution is -2.36. The second-order valence-corrected chi connectivity index (χ2v) is 6.61. The van der Waals surface area contributed by atoms with E-state index in [4.69, 9.17) is 0 Å². The van der Waals surface area contributed by atoms with Crippen LogP contribution in [-0.4, -0.2) is 29.4 Å². The van der Waals surface area contributed by atoms with Crippen LogP contribution in [0, 0.1) is 0 Å². The van der Waals surface area contributed by atoms with Crippen LogP contribution in [0.25, 0.3) is 0 Å². The highest BCUT2D eigenvalue weighted by molar-refractivity contribution is 5.89. The van der Waals surface area contributed by atoms with Crippen molar-refractivity contribution in [2.45, 2.75) is 65.0 Å². The molecule has 2 rings (SSSR count). The second-order valence-electron chi connectivity index (χ2n) is 6.61. The Balaban J connectivity index is 1.82. The first-order chi connectivity index (χ1) is 11.6. The number of hydrogen-bond donors (Lipinski definition) is 2. The van der Waals surface area contributed by atoms with Gasteiger partial charge in [0, 0.05) is 31.2 Å². The van der Waals surface area contributed by atoms with E-state index < -0.39 is 0 Å². The van der Waals surface area contributed by atoms with E-state index in [-0.39, 0.29) is 18.0 Å². The number of rotatable bonds is 8. The summed E-state index contributed by atoms with van der Waals surface area (Å²) in [7, 11) is 0. The molecule has 0 spiro atoms. The summed E-state index contributed by atoms with van der Waals surface area (Å²) in [6, 6.07) is 7.71. The number of anilines is 1. The second kappa shape index (κ2) is 9.30. The van der Waals surface area contributed by atoms with Gasteiger partial charge >= 0.3 is 6.03 Å².